The standard InChI is InChI=1S/C22H25FN2O2/c1-2-24-18-13-19(14-18)27-22(26)25-12-11-15-5-3-4-6-20(15)21(25)16-7-9-17(23)10-8-16/h3-10,18-19,21,24H,2,11-14H2,1H3/t18-,19-,21-/m0/s1. The van der Waals surface area contributed by atoms with E-state index in [2.05, 4.69) is 18.3 Å². The molecule has 2 aliphatic rings. The maximum atomic E-state index is 13.4. The van der Waals surface area contributed by atoms with Gasteiger partial charge in [-0.3, -0.25) is 4.90 Å². The van der Waals surface area contributed by atoms with E-state index in [1.165, 1.54) is 17.7 Å². The first-order chi connectivity index (χ1) is 13.2. The van der Waals surface area contributed by atoms with Crippen LogP contribution in [0, 0.1) is 5.82 Å². The SMILES string of the molecule is CCN[C@H]1C[C@H](OC(=O)N2CCc3ccccc3[C@@H]2c2ccc(F)cc2)C1. The van der Waals surface area contributed by atoms with Crippen LogP contribution >= 0.6 is 0 Å². The highest BCUT2D eigenvalue weighted by atomic mass is 19.1. The van der Waals surface area contributed by atoms with Gasteiger partial charge >= 0.3 is 6.09 Å². The summed E-state index contributed by atoms with van der Waals surface area (Å²) in [6.45, 7) is 3.61. The maximum absolute atomic E-state index is 13.4. The van der Waals surface area contributed by atoms with E-state index in [1.54, 1.807) is 17.0 Å². The number of nitrogens with zero attached hydrogens (tertiary/aromatic N) is 1. The summed E-state index contributed by atoms with van der Waals surface area (Å²) in [5.74, 6) is -0.277. The van der Waals surface area contributed by atoms with Crippen molar-refractivity contribution in [1.29, 1.82) is 0 Å². The van der Waals surface area contributed by atoms with E-state index in [-0.39, 0.29) is 24.1 Å². The number of hydrogen-bond donors (Lipinski definition) is 1. The third kappa shape index (κ3) is 3.69. The molecule has 1 N–H and O–H groups in total. The summed E-state index contributed by atoms with van der Waals surface area (Å²) in [6, 6.07) is 14.8. The van der Waals surface area contributed by atoms with Crippen LogP contribution < -0.4 is 5.32 Å². The molecule has 0 unspecified atom stereocenters. The van der Waals surface area contributed by atoms with Crippen molar-refractivity contribution < 1.29 is 13.9 Å². The Labute approximate surface area is 159 Å². The van der Waals surface area contributed by atoms with Gasteiger partial charge in [-0.05, 0) is 54.6 Å². The molecule has 2 aromatic carbocycles. The Morgan fingerprint density at radius 3 is 2.67 bits per heavy atom. The molecule has 1 atom stereocenters. The summed E-state index contributed by atoms with van der Waals surface area (Å²) in [7, 11) is 0. The number of benzene rings is 2. The highest BCUT2D eigenvalue weighted by molar-refractivity contribution is 5.70. The Hall–Kier alpha value is -2.40. The van der Waals surface area contributed by atoms with Gasteiger partial charge in [0.05, 0.1) is 6.04 Å². The third-order valence-electron chi connectivity index (χ3n) is 5.56. The van der Waals surface area contributed by atoms with Crippen LogP contribution in [-0.2, 0) is 11.2 Å². The van der Waals surface area contributed by atoms with Crippen LogP contribution in [0.1, 0.15) is 42.5 Å². The van der Waals surface area contributed by atoms with Gasteiger partial charge in [-0.15, -0.1) is 0 Å². The van der Waals surface area contributed by atoms with Crippen molar-refractivity contribution in [2.45, 2.75) is 44.4 Å². The van der Waals surface area contributed by atoms with E-state index in [4.69, 9.17) is 4.74 Å². The average molecular weight is 368 g/mol. The van der Waals surface area contributed by atoms with Crippen LogP contribution in [0.4, 0.5) is 9.18 Å². The summed E-state index contributed by atoms with van der Waals surface area (Å²) in [4.78, 5) is 14.7. The van der Waals surface area contributed by atoms with Gasteiger partial charge in [-0.2, -0.15) is 0 Å². The fraction of sp³-hybridized carbons (Fsp3) is 0.409. The minimum Gasteiger partial charge on any atom is -0.446 e. The summed E-state index contributed by atoms with van der Waals surface area (Å²) >= 11 is 0. The lowest BCUT2D eigenvalue weighted by Crippen LogP contribution is -2.49. The molecule has 1 aliphatic heterocycles. The molecule has 1 saturated carbocycles. The van der Waals surface area contributed by atoms with Crippen LogP contribution in [0.2, 0.25) is 0 Å². The Morgan fingerprint density at radius 2 is 1.93 bits per heavy atom. The molecule has 1 fully saturated rings. The monoisotopic (exact) mass is 368 g/mol. The number of ether oxygens (including phenoxy) is 1. The molecule has 0 saturated heterocycles. The van der Waals surface area contributed by atoms with E-state index in [9.17, 15) is 9.18 Å². The second kappa shape index (κ2) is 7.69. The fourth-order valence-corrected chi connectivity index (χ4v) is 4.10. The zero-order chi connectivity index (χ0) is 18.8. The third-order valence-corrected chi connectivity index (χ3v) is 5.56. The molecule has 0 aromatic heterocycles. The lowest BCUT2D eigenvalue weighted by Gasteiger charge is -2.40. The molecule has 5 heteroatoms. The lowest BCUT2D eigenvalue weighted by molar-refractivity contribution is 0.00546. The highest BCUT2D eigenvalue weighted by Gasteiger charge is 2.37. The predicted molar refractivity (Wildman–Crippen MR) is 102 cm³/mol. The molecule has 1 heterocycles. The van der Waals surface area contributed by atoms with Crippen molar-refractivity contribution in [3.63, 3.8) is 0 Å². The first kappa shape index (κ1) is 18.0. The van der Waals surface area contributed by atoms with Gasteiger partial charge in [0.15, 0.2) is 0 Å². The maximum Gasteiger partial charge on any atom is 0.410 e. The zero-order valence-electron chi connectivity index (χ0n) is 15.5. The van der Waals surface area contributed by atoms with E-state index >= 15 is 0 Å². The van der Waals surface area contributed by atoms with Crippen LogP contribution in [0.5, 0.6) is 0 Å². The van der Waals surface area contributed by atoms with Gasteiger partial charge in [0.1, 0.15) is 11.9 Å². The van der Waals surface area contributed by atoms with Crippen molar-refractivity contribution in [2.75, 3.05) is 13.1 Å². The molecule has 2 aromatic rings. The number of carbonyl (C=O) groups is 1. The van der Waals surface area contributed by atoms with Crippen LogP contribution in [0.15, 0.2) is 48.5 Å². The van der Waals surface area contributed by atoms with Crippen LogP contribution in [0.3, 0.4) is 0 Å². The molecule has 1 aliphatic carbocycles. The topological polar surface area (TPSA) is 41.6 Å². The number of halogens is 1. The molecular formula is C22H25FN2O2. The highest BCUT2D eigenvalue weighted by Crippen LogP contribution is 2.36. The molecule has 4 nitrogen and oxygen atoms in total. The Bertz CT molecular complexity index is 802. The Kier molecular flexibility index (Phi) is 5.12. The van der Waals surface area contributed by atoms with Crippen molar-refractivity contribution in [3.8, 4) is 0 Å². The average Bonchev–Trinajstić information content (AvgIpc) is 2.66. The molecule has 0 bridgehead atoms. The lowest BCUT2D eigenvalue weighted by atomic mass is 9.88. The minimum absolute atomic E-state index is 0.0208. The molecule has 0 spiro atoms. The Morgan fingerprint density at radius 1 is 1.19 bits per heavy atom. The van der Waals surface area contributed by atoms with Crippen molar-refractivity contribution in [1.82, 2.24) is 10.2 Å². The smallest absolute Gasteiger partial charge is 0.410 e. The van der Waals surface area contributed by atoms with Crippen molar-refractivity contribution in [2.24, 2.45) is 0 Å². The second-order valence-electron chi connectivity index (χ2n) is 7.33. The number of amides is 1. The number of carbonyl (C=O) groups excluding carboxylic acids is 1. The first-order valence-electron chi connectivity index (χ1n) is 9.69. The van der Waals surface area contributed by atoms with E-state index in [0.717, 1.165) is 36.9 Å². The van der Waals surface area contributed by atoms with Gasteiger partial charge in [-0.25, -0.2) is 9.18 Å². The molecule has 142 valence electrons. The zero-order valence-corrected chi connectivity index (χ0v) is 15.5. The minimum atomic E-state index is -0.279. The number of fused-ring (bicyclic) bond motifs is 1. The molecular weight excluding hydrogens is 343 g/mol. The first-order valence-corrected chi connectivity index (χ1v) is 9.69. The molecule has 1 amide bonds. The molecule has 0 radical (unpaired) electrons. The molecule has 4 rings (SSSR count). The summed E-state index contributed by atoms with van der Waals surface area (Å²) in [6.07, 6.45) is 2.23. The van der Waals surface area contributed by atoms with E-state index in [0.29, 0.717) is 12.6 Å². The van der Waals surface area contributed by atoms with E-state index in [1.807, 2.05) is 18.2 Å². The fourth-order valence-electron chi connectivity index (χ4n) is 4.10. The normalized spacial score (nSPS) is 24.1. The van der Waals surface area contributed by atoms with Gasteiger partial charge in [0.25, 0.3) is 0 Å². The van der Waals surface area contributed by atoms with Crippen LogP contribution in [-0.4, -0.2) is 36.2 Å². The number of hydrogen-bond acceptors (Lipinski definition) is 3. The van der Waals surface area contributed by atoms with Gasteiger partial charge in [-0.1, -0.05) is 43.3 Å². The summed E-state index contributed by atoms with van der Waals surface area (Å²) in [5.41, 5.74) is 3.22. The number of rotatable bonds is 4. The van der Waals surface area contributed by atoms with Gasteiger partial charge < -0.3 is 10.1 Å². The Balaban J connectivity index is 1.55. The number of nitrogens with one attached hydrogen (secondary N) is 1. The van der Waals surface area contributed by atoms with Crippen LogP contribution in [0.25, 0.3) is 0 Å². The predicted octanol–water partition coefficient (Wildman–Crippen LogP) is 4.05. The largest absolute Gasteiger partial charge is 0.446 e. The quantitative estimate of drug-likeness (QED) is 0.885. The van der Waals surface area contributed by atoms with E-state index < -0.39 is 0 Å². The summed E-state index contributed by atoms with van der Waals surface area (Å²) < 4.78 is 19.2. The van der Waals surface area contributed by atoms with Gasteiger partial charge in [0.2, 0.25) is 0 Å². The van der Waals surface area contributed by atoms with Crippen molar-refractivity contribution >= 4 is 6.09 Å². The second-order valence-corrected chi connectivity index (χ2v) is 7.33. The molecule has 27 heavy (non-hydrogen) atoms. The van der Waals surface area contributed by atoms with Crippen molar-refractivity contribution in [3.05, 3.63) is 71.0 Å². The summed E-state index contributed by atoms with van der Waals surface area (Å²) in [5, 5.41) is 3.38. The van der Waals surface area contributed by atoms with Gasteiger partial charge in [0, 0.05) is 12.6 Å².